The van der Waals surface area contributed by atoms with Crippen molar-refractivity contribution >= 4 is 0 Å². The molecule has 20 heavy (non-hydrogen) atoms. The van der Waals surface area contributed by atoms with Crippen LogP contribution in [0.2, 0.25) is 0 Å². The van der Waals surface area contributed by atoms with Gasteiger partial charge in [0.25, 0.3) is 0 Å². The number of likely N-dealkylation sites (N-methyl/N-ethyl adjacent to an activating group) is 1. The average Bonchev–Trinajstić information content (AvgIpc) is 2.47. The fourth-order valence-corrected chi connectivity index (χ4v) is 3.13. The number of hydrogen-bond acceptors (Lipinski definition) is 3. The molecule has 0 spiro atoms. The first-order chi connectivity index (χ1) is 9.71. The lowest BCUT2D eigenvalue weighted by atomic mass is 9.90. The summed E-state index contributed by atoms with van der Waals surface area (Å²) in [4.78, 5) is 2.41. The summed E-state index contributed by atoms with van der Waals surface area (Å²) in [6, 6.07) is 9.00. The maximum Gasteiger partial charge on any atom is 0.119 e. The Morgan fingerprint density at radius 2 is 2.25 bits per heavy atom. The predicted octanol–water partition coefficient (Wildman–Crippen LogP) is 2.91. The molecule has 3 heteroatoms. The summed E-state index contributed by atoms with van der Waals surface area (Å²) in [5.41, 5.74) is 1.31. The van der Waals surface area contributed by atoms with Crippen LogP contribution in [0, 0.1) is 5.92 Å². The zero-order chi connectivity index (χ0) is 14.4. The van der Waals surface area contributed by atoms with Crippen LogP contribution in [0.1, 0.15) is 31.7 Å². The number of hydrogen-bond donors (Lipinski definition) is 1. The van der Waals surface area contributed by atoms with Gasteiger partial charge in [-0.1, -0.05) is 25.5 Å². The Bertz CT molecular complexity index is 408. The molecular formula is C17H28N2O. The quantitative estimate of drug-likeness (QED) is 0.864. The van der Waals surface area contributed by atoms with Crippen LogP contribution in [-0.4, -0.2) is 38.2 Å². The van der Waals surface area contributed by atoms with Gasteiger partial charge in [-0.05, 0) is 50.0 Å². The van der Waals surface area contributed by atoms with Gasteiger partial charge >= 0.3 is 0 Å². The first-order valence-electron chi connectivity index (χ1n) is 7.76. The molecule has 1 aromatic rings. The zero-order valence-corrected chi connectivity index (χ0v) is 13.1. The van der Waals surface area contributed by atoms with Crippen LogP contribution in [0.25, 0.3) is 0 Å². The third-order valence-electron chi connectivity index (χ3n) is 4.30. The molecule has 1 aliphatic rings. The van der Waals surface area contributed by atoms with E-state index < -0.39 is 0 Å². The number of nitrogens with zero attached hydrogens (tertiary/aromatic N) is 1. The van der Waals surface area contributed by atoms with Crippen molar-refractivity contribution in [3.05, 3.63) is 29.8 Å². The van der Waals surface area contributed by atoms with Crippen LogP contribution in [0.3, 0.4) is 0 Å². The molecule has 1 aliphatic heterocycles. The number of methoxy groups -OCH3 is 1. The molecule has 0 amide bonds. The van der Waals surface area contributed by atoms with Gasteiger partial charge in [-0.2, -0.15) is 0 Å². The molecule has 1 heterocycles. The molecule has 2 unspecified atom stereocenters. The maximum atomic E-state index is 5.28. The van der Waals surface area contributed by atoms with E-state index in [1.165, 1.54) is 31.4 Å². The predicted molar refractivity (Wildman–Crippen MR) is 84.1 cm³/mol. The Hall–Kier alpha value is -1.06. The van der Waals surface area contributed by atoms with E-state index in [0.717, 1.165) is 24.8 Å². The summed E-state index contributed by atoms with van der Waals surface area (Å²) >= 11 is 0. The van der Waals surface area contributed by atoms with Gasteiger partial charge in [-0.25, -0.2) is 0 Å². The summed E-state index contributed by atoms with van der Waals surface area (Å²) in [7, 11) is 3.93. The van der Waals surface area contributed by atoms with Crippen molar-refractivity contribution in [2.45, 2.75) is 38.8 Å². The molecule has 2 atom stereocenters. The molecule has 1 aromatic carbocycles. The van der Waals surface area contributed by atoms with Crippen LogP contribution >= 0.6 is 0 Å². The molecule has 0 saturated carbocycles. The molecule has 3 nitrogen and oxygen atoms in total. The normalized spacial score (nSPS) is 23.0. The van der Waals surface area contributed by atoms with Crippen molar-refractivity contribution in [1.82, 2.24) is 10.2 Å². The fourth-order valence-electron chi connectivity index (χ4n) is 3.13. The number of piperidine rings is 1. The second-order valence-corrected chi connectivity index (χ2v) is 6.00. The zero-order valence-electron chi connectivity index (χ0n) is 13.1. The Balaban J connectivity index is 1.83. The van der Waals surface area contributed by atoms with E-state index in [9.17, 15) is 0 Å². The van der Waals surface area contributed by atoms with E-state index >= 15 is 0 Å². The first-order valence-corrected chi connectivity index (χ1v) is 7.76. The molecule has 1 N–H and O–H groups in total. The highest BCUT2D eigenvalue weighted by molar-refractivity contribution is 5.28. The minimum absolute atomic E-state index is 0.643. The van der Waals surface area contributed by atoms with Crippen LogP contribution in [0.5, 0.6) is 5.75 Å². The van der Waals surface area contributed by atoms with E-state index in [1.54, 1.807) is 7.11 Å². The number of benzene rings is 1. The monoisotopic (exact) mass is 276 g/mol. The summed E-state index contributed by atoms with van der Waals surface area (Å²) < 4.78 is 5.28. The minimum Gasteiger partial charge on any atom is -0.497 e. The van der Waals surface area contributed by atoms with Crippen LogP contribution in [-0.2, 0) is 6.54 Å². The summed E-state index contributed by atoms with van der Waals surface area (Å²) in [5.74, 6) is 1.85. The third-order valence-corrected chi connectivity index (χ3v) is 4.30. The lowest BCUT2D eigenvalue weighted by Crippen LogP contribution is -2.44. The molecule has 2 rings (SSSR count). The number of nitrogens with one attached hydrogen (secondary N) is 1. The molecular weight excluding hydrogens is 248 g/mol. The van der Waals surface area contributed by atoms with Gasteiger partial charge in [0.05, 0.1) is 7.11 Å². The number of ether oxygens (including phenoxy) is 1. The average molecular weight is 276 g/mol. The van der Waals surface area contributed by atoms with Crippen molar-refractivity contribution in [2.75, 3.05) is 27.2 Å². The summed E-state index contributed by atoms with van der Waals surface area (Å²) in [5, 5.41) is 3.66. The number of rotatable bonds is 6. The third kappa shape index (κ3) is 4.50. The highest BCUT2D eigenvalue weighted by Gasteiger charge is 2.21. The minimum atomic E-state index is 0.643. The van der Waals surface area contributed by atoms with E-state index in [-0.39, 0.29) is 0 Å². The smallest absolute Gasteiger partial charge is 0.119 e. The van der Waals surface area contributed by atoms with Crippen molar-refractivity contribution in [2.24, 2.45) is 5.92 Å². The summed E-state index contributed by atoms with van der Waals surface area (Å²) in [6.45, 7) is 5.59. The molecule has 1 saturated heterocycles. The van der Waals surface area contributed by atoms with E-state index in [2.05, 4.69) is 42.4 Å². The van der Waals surface area contributed by atoms with Gasteiger partial charge in [-0.15, -0.1) is 0 Å². The Labute approximate surface area is 123 Å². The second-order valence-electron chi connectivity index (χ2n) is 6.00. The Morgan fingerprint density at radius 3 is 3.00 bits per heavy atom. The van der Waals surface area contributed by atoms with Crippen LogP contribution in [0.4, 0.5) is 0 Å². The molecule has 1 fully saturated rings. The van der Waals surface area contributed by atoms with Gasteiger partial charge in [0.1, 0.15) is 5.75 Å². The molecule has 112 valence electrons. The summed E-state index contributed by atoms with van der Waals surface area (Å²) in [6.07, 6.45) is 3.98. The second kappa shape index (κ2) is 7.65. The largest absolute Gasteiger partial charge is 0.497 e. The maximum absolute atomic E-state index is 5.28. The Kier molecular flexibility index (Phi) is 5.86. The van der Waals surface area contributed by atoms with Crippen LogP contribution < -0.4 is 10.1 Å². The standard InChI is InChI=1S/C17H28N2O/c1-4-14-8-9-18-16(10-14)13-19(2)12-15-6-5-7-17(11-15)20-3/h5-7,11,14,16,18H,4,8-10,12-13H2,1-3H3. The van der Waals surface area contributed by atoms with Crippen LogP contribution in [0.15, 0.2) is 24.3 Å². The Morgan fingerprint density at radius 1 is 1.40 bits per heavy atom. The first kappa shape index (κ1) is 15.3. The van der Waals surface area contributed by atoms with Gasteiger partial charge in [0.15, 0.2) is 0 Å². The van der Waals surface area contributed by atoms with Gasteiger partial charge < -0.3 is 15.0 Å². The van der Waals surface area contributed by atoms with Crippen molar-refractivity contribution in [3.63, 3.8) is 0 Å². The highest BCUT2D eigenvalue weighted by Crippen LogP contribution is 2.20. The highest BCUT2D eigenvalue weighted by atomic mass is 16.5. The van der Waals surface area contributed by atoms with Gasteiger partial charge in [-0.3, -0.25) is 0 Å². The van der Waals surface area contributed by atoms with Crippen molar-refractivity contribution < 1.29 is 4.74 Å². The lowest BCUT2D eigenvalue weighted by molar-refractivity contribution is 0.220. The van der Waals surface area contributed by atoms with Crippen molar-refractivity contribution in [3.8, 4) is 5.75 Å². The van der Waals surface area contributed by atoms with Crippen molar-refractivity contribution in [1.29, 1.82) is 0 Å². The fraction of sp³-hybridized carbons (Fsp3) is 0.647. The van der Waals surface area contributed by atoms with E-state index in [0.29, 0.717) is 6.04 Å². The molecule has 0 aromatic heterocycles. The lowest BCUT2D eigenvalue weighted by Gasteiger charge is -2.32. The van der Waals surface area contributed by atoms with E-state index in [1.807, 2.05) is 6.07 Å². The SMILES string of the molecule is CCC1CCNC(CN(C)Cc2cccc(OC)c2)C1. The van der Waals surface area contributed by atoms with Gasteiger partial charge in [0, 0.05) is 19.1 Å². The molecule has 0 radical (unpaired) electrons. The van der Waals surface area contributed by atoms with Gasteiger partial charge in [0.2, 0.25) is 0 Å². The molecule has 0 aliphatic carbocycles. The van der Waals surface area contributed by atoms with E-state index in [4.69, 9.17) is 4.74 Å². The molecule has 0 bridgehead atoms. The topological polar surface area (TPSA) is 24.5 Å².